The molecule has 0 spiro atoms. The smallest absolute Gasteiger partial charge is 0.278 e. The Hall–Kier alpha value is -2.10. The van der Waals surface area contributed by atoms with E-state index in [1.165, 1.54) is 25.7 Å². The molecule has 1 aliphatic rings. The molecule has 26 heavy (non-hydrogen) atoms. The highest BCUT2D eigenvalue weighted by Gasteiger charge is 2.39. The van der Waals surface area contributed by atoms with Gasteiger partial charge in [-0.3, -0.25) is 9.10 Å². The molecular weight excluding hydrogens is 398 g/mol. The van der Waals surface area contributed by atoms with Gasteiger partial charge in [0.25, 0.3) is 15.9 Å². The number of nitrogens with zero attached hydrogens (tertiary/aromatic N) is 2. The molecular formula is C16H18ClN3O4S2. The minimum atomic E-state index is -3.96. The van der Waals surface area contributed by atoms with E-state index in [1.807, 2.05) is 0 Å². The summed E-state index contributed by atoms with van der Waals surface area (Å²) >= 11 is 6.73. The molecule has 2 aromatic rings. The van der Waals surface area contributed by atoms with Gasteiger partial charge in [0.05, 0.1) is 9.21 Å². The van der Waals surface area contributed by atoms with Gasteiger partial charge >= 0.3 is 0 Å². The Morgan fingerprint density at radius 3 is 2.62 bits per heavy atom. The second-order valence-electron chi connectivity index (χ2n) is 5.29. The number of aliphatic hydroxyl groups excluding tert-OH is 1. The maximum atomic E-state index is 12.5. The number of sulfonamides is 1. The third-order valence-electron chi connectivity index (χ3n) is 3.18. The quantitative estimate of drug-likeness (QED) is 0.778. The lowest BCUT2D eigenvalue weighted by Crippen LogP contribution is -2.36. The standard InChI is InChI=1S/C13H10ClN3O4S2.C3H8/c1-17-10(13(19)16-9-4-2-3-5-15-9)11(18)12-7(23(17,20)21)6-8(14)22-12;1-3-2/h2-6,18H,1H3,(H,15,16,19);3H2,1-2H3. The normalized spacial score (nSPS) is 15.0. The van der Waals surface area contributed by atoms with Gasteiger partial charge in [0.2, 0.25) is 0 Å². The summed E-state index contributed by atoms with van der Waals surface area (Å²) < 4.78 is 25.9. The highest BCUT2D eigenvalue weighted by atomic mass is 35.5. The first kappa shape index (κ1) is 20.2. The maximum absolute atomic E-state index is 12.5. The molecule has 2 N–H and O–H groups in total. The number of rotatable bonds is 2. The summed E-state index contributed by atoms with van der Waals surface area (Å²) in [5.74, 6) is -0.997. The fourth-order valence-electron chi connectivity index (χ4n) is 2.09. The van der Waals surface area contributed by atoms with Gasteiger partial charge in [0, 0.05) is 13.2 Å². The topological polar surface area (TPSA) is 99.6 Å². The minimum absolute atomic E-state index is 0.0410. The number of amides is 1. The van der Waals surface area contributed by atoms with Gasteiger partial charge in [-0.05, 0) is 18.2 Å². The van der Waals surface area contributed by atoms with E-state index in [0.717, 1.165) is 15.6 Å². The van der Waals surface area contributed by atoms with Crippen LogP contribution in [-0.2, 0) is 14.8 Å². The summed E-state index contributed by atoms with van der Waals surface area (Å²) in [7, 11) is -2.77. The molecule has 1 amide bonds. The van der Waals surface area contributed by atoms with Crippen LogP contribution in [0.5, 0.6) is 0 Å². The second kappa shape index (κ2) is 8.07. The van der Waals surface area contributed by atoms with Crippen molar-refractivity contribution >= 4 is 50.4 Å². The molecule has 0 aromatic carbocycles. The lowest BCUT2D eigenvalue weighted by Gasteiger charge is -2.26. The molecule has 0 saturated carbocycles. The number of likely N-dealkylation sites (N-methyl/N-ethyl adjacent to an activating group) is 1. The van der Waals surface area contributed by atoms with Crippen LogP contribution in [0.15, 0.2) is 41.1 Å². The Morgan fingerprint density at radius 1 is 1.38 bits per heavy atom. The van der Waals surface area contributed by atoms with Gasteiger partial charge in [0.15, 0.2) is 11.5 Å². The number of nitrogens with one attached hydrogen (secondary N) is 1. The summed E-state index contributed by atoms with van der Waals surface area (Å²) in [6, 6.07) is 6.12. The highest BCUT2D eigenvalue weighted by molar-refractivity contribution is 7.89. The zero-order chi connectivity index (χ0) is 19.5. The van der Waals surface area contributed by atoms with Crippen LogP contribution in [-0.4, -0.2) is 35.8 Å². The molecule has 0 saturated heterocycles. The van der Waals surface area contributed by atoms with Crippen LogP contribution in [0.4, 0.5) is 5.82 Å². The van der Waals surface area contributed by atoms with Crippen molar-refractivity contribution in [1.82, 2.24) is 9.29 Å². The lowest BCUT2D eigenvalue weighted by atomic mass is 10.3. The predicted octanol–water partition coefficient (Wildman–Crippen LogP) is 3.71. The number of thiophene rings is 1. The van der Waals surface area contributed by atoms with Crippen molar-refractivity contribution in [3.8, 4) is 0 Å². The molecule has 10 heteroatoms. The summed E-state index contributed by atoms with van der Waals surface area (Å²) in [5, 5.41) is 12.8. The van der Waals surface area contributed by atoms with E-state index in [9.17, 15) is 18.3 Å². The molecule has 0 bridgehead atoms. The molecule has 140 valence electrons. The van der Waals surface area contributed by atoms with Gasteiger partial charge in [-0.15, -0.1) is 11.3 Å². The zero-order valence-electron chi connectivity index (χ0n) is 14.4. The van der Waals surface area contributed by atoms with Gasteiger partial charge in [0.1, 0.15) is 10.7 Å². The van der Waals surface area contributed by atoms with Gasteiger partial charge < -0.3 is 10.4 Å². The number of anilines is 1. The first-order chi connectivity index (χ1) is 12.2. The number of carbonyl (C=O) groups excluding carboxylic acids is 1. The van der Waals surface area contributed by atoms with Crippen molar-refractivity contribution in [2.24, 2.45) is 0 Å². The van der Waals surface area contributed by atoms with E-state index in [-0.39, 0.29) is 25.6 Å². The summed E-state index contributed by atoms with van der Waals surface area (Å²) in [6.07, 6.45) is 2.72. The first-order valence-corrected chi connectivity index (χ1v) is 10.3. The van der Waals surface area contributed by atoms with Crippen LogP contribution in [0.3, 0.4) is 0 Å². The van der Waals surface area contributed by atoms with Crippen LogP contribution in [0.1, 0.15) is 25.1 Å². The zero-order valence-corrected chi connectivity index (χ0v) is 16.7. The third kappa shape index (κ3) is 3.84. The maximum Gasteiger partial charge on any atom is 0.278 e. The minimum Gasteiger partial charge on any atom is -0.504 e. The average molecular weight is 416 g/mol. The fraction of sp³-hybridized carbons (Fsp3) is 0.250. The number of hydrogen-bond donors (Lipinski definition) is 2. The molecule has 2 aromatic heterocycles. The number of fused-ring (bicyclic) bond motifs is 1. The summed E-state index contributed by atoms with van der Waals surface area (Å²) in [4.78, 5) is 16.2. The SMILES string of the molecule is CCC.CN1C(C(=O)Nc2ccccn2)=C(O)c2sc(Cl)cc2S1(=O)=O. The largest absolute Gasteiger partial charge is 0.504 e. The summed E-state index contributed by atoms with van der Waals surface area (Å²) in [6.45, 7) is 4.25. The van der Waals surface area contributed by atoms with Crippen LogP contribution in [0.2, 0.25) is 4.34 Å². The second-order valence-corrected chi connectivity index (χ2v) is 8.91. The molecule has 3 heterocycles. The van der Waals surface area contributed by atoms with E-state index in [2.05, 4.69) is 24.1 Å². The molecule has 0 aliphatic carbocycles. The molecule has 3 rings (SSSR count). The Kier molecular flexibility index (Phi) is 6.27. The van der Waals surface area contributed by atoms with Crippen molar-refractivity contribution in [2.45, 2.75) is 25.2 Å². The van der Waals surface area contributed by atoms with Gasteiger partial charge in [-0.2, -0.15) is 0 Å². The van der Waals surface area contributed by atoms with Crippen molar-refractivity contribution in [3.05, 3.63) is 45.4 Å². The van der Waals surface area contributed by atoms with Crippen molar-refractivity contribution in [2.75, 3.05) is 12.4 Å². The molecule has 0 unspecified atom stereocenters. The first-order valence-electron chi connectivity index (χ1n) is 7.68. The number of carbonyl (C=O) groups is 1. The van der Waals surface area contributed by atoms with Crippen LogP contribution >= 0.6 is 22.9 Å². The van der Waals surface area contributed by atoms with E-state index < -0.39 is 21.7 Å². The van der Waals surface area contributed by atoms with Crippen molar-refractivity contribution < 1.29 is 18.3 Å². The molecule has 0 radical (unpaired) electrons. The van der Waals surface area contributed by atoms with E-state index in [4.69, 9.17) is 11.6 Å². The number of aliphatic hydroxyl groups is 1. The predicted molar refractivity (Wildman–Crippen MR) is 103 cm³/mol. The molecule has 0 fully saturated rings. The lowest BCUT2D eigenvalue weighted by molar-refractivity contribution is -0.113. The molecule has 1 aliphatic heterocycles. The Balaban J connectivity index is 0.000000758. The summed E-state index contributed by atoms with van der Waals surface area (Å²) in [5.41, 5.74) is -0.387. The fourth-order valence-corrected chi connectivity index (χ4v) is 5.04. The van der Waals surface area contributed by atoms with E-state index >= 15 is 0 Å². The Morgan fingerprint density at radius 2 is 2.04 bits per heavy atom. The Bertz CT molecular complexity index is 940. The third-order valence-corrected chi connectivity index (χ3v) is 6.36. The van der Waals surface area contributed by atoms with E-state index in [0.29, 0.717) is 0 Å². The molecule has 0 atom stereocenters. The molecule has 7 nitrogen and oxygen atoms in total. The average Bonchev–Trinajstić information content (AvgIpc) is 2.98. The monoisotopic (exact) mass is 415 g/mol. The van der Waals surface area contributed by atoms with Crippen LogP contribution < -0.4 is 5.32 Å². The van der Waals surface area contributed by atoms with Gasteiger partial charge in [-0.25, -0.2) is 13.4 Å². The van der Waals surface area contributed by atoms with Crippen molar-refractivity contribution in [3.63, 3.8) is 0 Å². The number of halogens is 1. The number of hydrogen-bond acceptors (Lipinski definition) is 6. The Labute approximate surface area is 161 Å². The van der Waals surface area contributed by atoms with Crippen molar-refractivity contribution in [1.29, 1.82) is 0 Å². The van der Waals surface area contributed by atoms with Crippen LogP contribution in [0.25, 0.3) is 5.76 Å². The highest BCUT2D eigenvalue weighted by Crippen LogP contribution is 2.41. The van der Waals surface area contributed by atoms with E-state index in [1.54, 1.807) is 18.2 Å². The van der Waals surface area contributed by atoms with Crippen LogP contribution in [0, 0.1) is 0 Å². The van der Waals surface area contributed by atoms with Gasteiger partial charge in [-0.1, -0.05) is 37.9 Å². The number of aromatic nitrogens is 1. The number of pyridine rings is 1.